The Morgan fingerprint density at radius 2 is 2.19 bits per heavy atom. The molecular formula is C14H23N3O4. The van der Waals surface area contributed by atoms with Gasteiger partial charge in [-0.15, -0.1) is 0 Å². The molecule has 118 valence electrons. The van der Waals surface area contributed by atoms with E-state index in [-0.39, 0.29) is 17.8 Å². The number of nitrogens with zero attached hydrogens (tertiary/aromatic N) is 2. The van der Waals surface area contributed by atoms with Crippen LogP contribution < -0.4 is 5.43 Å². The van der Waals surface area contributed by atoms with E-state index in [2.05, 4.69) is 10.5 Å². The van der Waals surface area contributed by atoms with Crippen molar-refractivity contribution < 1.29 is 19.1 Å². The molecule has 2 fully saturated rings. The molecule has 1 heterocycles. The van der Waals surface area contributed by atoms with Crippen LogP contribution >= 0.6 is 0 Å². The van der Waals surface area contributed by atoms with Gasteiger partial charge in [-0.1, -0.05) is 0 Å². The molecule has 0 aromatic rings. The summed E-state index contributed by atoms with van der Waals surface area (Å²) in [5, 5.41) is 4.13. The molecule has 7 heteroatoms. The van der Waals surface area contributed by atoms with Gasteiger partial charge in [0.15, 0.2) is 0 Å². The molecule has 0 unspecified atom stereocenters. The van der Waals surface area contributed by atoms with Crippen molar-refractivity contribution in [2.75, 3.05) is 39.5 Å². The van der Waals surface area contributed by atoms with Gasteiger partial charge < -0.3 is 9.47 Å². The largest absolute Gasteiger partial charge is 0.465 e. The highest BCUT2D eigenvalue weighted by atomic mass is 16.5. The van der Waals surface area contributed by atoms with Crippen LogP contribution in [0.25, 0.3) is 0 Å². The third kappa shape index (κ3) is 4.78. The van der Waals surface area contributed by atoms with Crippen molar-refractivity contribution >= 4 is 17.6 Å². The second-order valence-electron chi connectivity index (χ2n) is 5.22. The SMILES string of the molecule is CCOC(=O)[C@H]1CCC/C1=N/NC(=O)CN1CCOCC1. The van der Waals surface area contributed by atoms with Gasteiger partial charge in [-0.25, -0.2) is 5.43 Å². The molecule has 0 radical (unpaired) electrons. The van der Waals surface area contributed by atoms with Crippen LogP contribution in [0.15, 0.2) is 5.10 Å². The molecule has 1 aliphatic heterocycles. The van der Waals surface area contributed by atoms with Gasteiger partial charge in [-0.05, 0) is 26.2 Å². The highest BCUT2D eigenvalue weighted by Gasteiger charge is 2.30. The Morgan fingerprint density at radius 1 is 1.43 bits per heavy atom. The molecule has 0 spiro atoms. The maximum atomic E-state index is 11.9. The van der Waals surface area contributed by atoms with Crippen molar-refractivity contribution in [2.45, 2.75) is 26.2 Å². The van der Waals surface area contributed by atoms with Crippen molar-refractivity contribution in [2.24, 2.45) is 11.0 Å². The smallest absolute Gasteiger partial charge is 0.314 e. The van der Waals surface area contributed by atoms with Crippen LogP contribution in [-0.4, -0.2) is 61.9 Å². The number of morpholine rings is 1. The fraction of sp³-hybridized carbons (Fsp3) is 0.786. The quantitative estimate of drug-likeness (QED) is 0.577. The van der Waals surface area contributed by atoms with Crippen LogP contribution in [0.1, 0.15) is 26.2 Å². The number of carbonyl (C=O) groups is 2. The Hall–Kier alpha value is -1.47. The molecule has 2 rings (SSSR count). The lowest BCUT2D eigenvalue weighted by molar-refractivity contribution is -0.145. The summed E-state index contributed by atoms with van der Waals surface area (Å²) in [7, 11) is 0. The average Bonchev–Trinajstić information content (AvgIpc) is 2.95. The van der Waals surface area contributed by atoms with Crippen molar-refractivity contribution in [1.29, 1.82) is 0 Å². The fourth-order valence-electron chi connectivity index (χ4n) is 2.59. The van der Waals surface area contributed by atoms with Crippen molar-refractivity contribution in [3.8, 4) is 0 Å². The van der Waals surface area contributed by atoms with Crippen molar-refractivity contribution in [3.63, 3.8) is 0 Å². The molecular weight excluding hydrogens is 274 g/mol. The van der Waals surface area contributed by atoms with Gasteiger partial charge in [0, 0.05) is 13.1 Å². The molecule has 1 atom stereocenters. The zero-order valence-corrected chi connectivity index (χ0v) is 12.5. The van der Waals surface area contributed by atoms with Gasteiger partial charge in [-0.3, -0.25) is 14.5 Å². The minimum Gasteiger partial charge on any atom is -0.465 e. The number of ether oxygens (including phenoxy) is 2. The predicted octanol–water partition coefficient (Wildman–Crippen LogP) is 0.154. The Bertz CT molecular complexity index is 405. The maximum absolute atomic E-state index is 11.9. The maximum Gasteiger partial charge on any atom is 0.314 e. The van der Waals surface area contributed by atoms with Gasteiger partial charge in [0.2, 0.25) is 0 Å². The highest BCUT2D eigenvalue weighted by molar-refractivity contribution is 6.03. The summed E-state index contributed by atoms with van der Waals surface area (Å²) >= 11 is 0. The number of rotatable bonds is 5. The summed E-state index contributed by atoms with van der Waals surface area (Å²) < 4.78 is 10.3. The zero-order valence-electron chi connectivity index (χ0n) is 12.5. The van der Waals surface area contributed by atoms with E-state index in [9.17, 15) is 9.59 Å². The summed E-state index contributed by atoms with van der Waals surface area (Å²) in [6.45, 7) is 5.30. The average molecular weight is 297 g/mol. The van der Waals surface area contributed by atoms with E-state index < -0.39 is 0 Å². The zero-order chi connectivity index (χ0) is 15.1. The predicted molar refractivity (Wildman–Crippen MR) is 76.8 cm³/mol. The molecule has 1 saturated carbocycles. The van der Waals surface area contributed by atoms with E-state index in [1.165, 1.54) is 0 Å². The number of amides is 1. The fourth-order valence-corrected chi connectivity index (χ4v) is 2.59. The monoisotopic (exact) mass is 297 g/mol. The number of hydrogen-bond acceptors (Lipinski definition) is 6. The number of esters is 1. The molecule has 1 aliphatic carbocycles. The minimum absolute atomic E-state index is 0.154. The van der Waals surface area contributed by atoms with Crippen LogP contribution in [-0.2, 0) is 19.1 Å². The van der Waals surface area contributed by atoms with Crippen LogP contribution in [0.2, 0.25) is 0 Å². The topological polar surface area (TPSA) is 80.2 Å². The number of carbonyl (C=O) groups excluding carboxylic acids is 2. The van der Waals surface area contributed by atoms with Crippen molar-refractivity contribution in [1.82, 2.24) is 10.3 Å². The first-order chi connectivity index (χ1) is 10.2. The minimum atomic E-state index is -0.298. The lowest BCUT2D eigenvalue weighted by atomic mass is 10.1. The highest BCUT2D eigenvalue weighted by Crippen LogP contribution is 2.23. The van der Waals surface area contributed by atoms with E-state index in [0.29, 0.717) is 26.4 Å². The molecule has 7 nitrogen and oxygen atoms in total. The number of hydrazone groups is 1. The first-order valence-corrected chi connectivity index (χ1v) is 7.52. The Labute approximate surface area is 124 Å². The van der Waals surface area contributed by atoms with Gasteiger partial charge in [0.1, 0.15) is 0 Å². The van der Waals surface area contributed by atoms with Crippen LogP contribution in [0.3, 0.4) is 0 Å². The number of nitrogens with one attached hydrogen (secondary N) is 1. The van der Waals surface area contributed by atoms with Gasteiger partial charge >= 0.3 is 5.97 Å². The second-order valence-corrected chi connectivity index (χ2v) is 5.22. The van der Waals surface area contributed by atoms with Gasteiger partial charge in [0.25, 0.3) is 5.91 Å². The standard InChI is InChI=1S/C14H23N3O4/c1-2-21-14(19)11-4-3-5-12(11)15-16-13(18)10-17-6-8-20-9-7-17/h11H,2-10H2,1H3,(H,16,18)/b15-12-/t11-/m0/s1. The third-order valence-electron chi connectivity index (χ3n) is 3.69. The lowest BCUT2D eigenvalue weighted by Crippen LogP contribution is -2.42. The summed E-state index contributed by atoms with van der Waals surface area (Å²) in [6, 6.07) is 0. The summed E-state index contributed by atoms with van der Waals surface area (Å²) in [6.07, 6.45) is 2.39. The summed E-state index contributed by atoms with van der Waals surface area (Å²) in [5.41, 5.74) is 3.28. The number of hydrogen-bond donors (Lipinski definition) is 1. The van der Waals surface area contributed by atoms with Crippen LogP contribution in [0.4, 0.5) is 0 Å². The second kappa shape index (κ2) is 8.09. The first kappa shape index (κ1) is 15.9. The molecule has 1 saturated heterocycles. The lowest BCUT2D eigenvalue weighted by Gasteiger charge is -2.25. The van der Waals surface area contributed by atoms with E-state index in [1.807, 2.05) is 4.90 Å². The molecule has 0 bridgehead atoms. The Kier molecular flexibility index (Phi) is 6.13. The Morgan fingerprint density at radius 3 is 2.90 bits per heavy atom. The molecule has 1 amide bonds. The molecule has 0 aromatic carbocycles. The van der Waals surface area contributed by atoms with E-state index in [0.717, 1.165) is 38.1 Å². The van der Waals surface area contributed by atoms with Gasteiger partial charge in [0.05, 0.1) is 38.0 Å². The van der Waals surface area contributed by atoms with E-state index in [4.69, 9.17) is 9.47 Å². The van der Waals surface area contributed by atoms with Gasteiger partial charge in [-0.2, -0.15) is 5.10 Å². The first-order valence-electron chi connectivity index (χ1n) is 7.52. The third-order valence-corrected chi connectivity index (χ3v) is 3.69. The Balaban J connectivity index is 1.81. The molecule has 2 aliphatic rings. The van der Waals surface area contributed by atoms with Crippen molar-refractivity contribution in [3.05, 3.63) is 0 Å². The molecule has 1 N–H and O–H groups in total. The van der Waals surface area contributed by atoms with E-state index >= 15 is 0 Å². The van der Waals surface area contributed by atoms with Crippen LogP contribution in [0, 0.1) is 5.92 Å². The molecule has 0 aromatic heterocycles. The summed E-state index contributed by atoms with van der Waals surface area (Å²) in [5.74, 6) is -0.691. The normalized spacial score (nSPS) is 25.0. The van der Waals surface area contributed by atoms with E-state index in [1.54, 1.807) is 6.92 Å². The molecule has 21 heavy (non-hydrogen) atoms. The van der Waals surface area contributed by atoms with Crippen LogP contribution in [0.5, 0.6) is 0 Å². The summed E-state index contributed by atoms with van der Waals surface area (Å²) in [4.78, 5) is 25.7.